The standard InChI is InChI=1S/C15H19FN2/c1-12(13-5-7-14(16)8-6-13)15(11-17)18-9-3-2-4-10-18/h5-8,12,15H,2-4,9-10H2,1H3. The van der Waals surface area contributed by atoms with E-state index in [2.05, 4.69) is 17.9 Å². The highest BCUT2D eigenvalue weighted by molar-refractivity contribution is 5.24. The Morgan fingerprint density at radius 2 is 1.78 bits per heavy atom. The number of hydrogen-bond acceptors (Lipinski definition) is 2. The van der Waals surface area contributed by atoms with Crippen LogP contribution >= 0.6 is 0 Å². The van der Waals surface area contributed by atoms with E-state index in [1.165, 1.54) is 31.4 Å². The van der Waals surface area contributed by atoms with Gasteiger partial charge in [0.05, 0.1) is 6.07 Å². The van der Waals surface area contributed by atoms with E-state index in [9.17, 15) is 9.65 Å². The third-order valence-electron chi connectivity index (χ3n) is 3.79. The lowest BCUT2D eigenvalue weighted by Crippen LogP contribution is -2.41. The quantitative estimate of drug-likeness (QED) is 0.818. The number of benzene rings is 1. The predicted octanol–water partition coefficient (Wildman–Crippen LogP) is 3.31. The molecule has 0 amide bonds. The number of piperidine rings is 1. The molecular formula is C15H19FN2. The molecule has 0 aromatic heterocycles. The molecule has 3 heteroatoms. The van der Waals surface area contributed by atoms with Gasteiger partial charge in [-0.3, -0.25) is 4.90 Å². The minimum absolute atomic E-state index is 0.101. The third kappa shape index (κ3) is 2.88. The summed E-state index contributed by atoms with van der Waals surface area (Å²) in [5.74, 6) is -0.105. The van der Waals surface area contributed by atoms with E-state index in [0.717, 1.165) is 18.7 Å². The smallest absolute Gasteiger partial charge is 0.123 e. The summed E-state index contributed by atoms with van der Waals surface area (Å²) in [5.41, 5.74) is 1.04. The lowest BCUT2D eigenvalue weighted by atomic mass is 9.92. The summed E-state index contributed by atoms with van der Waals surface area (Å²) in [5, 5.41) is 9.40. The highest BCUT2D eigenvalue weighted by Crippen LogP contribution is 2.25. The van der Waals surface area contributed by atoms with Gasteiger partial charge in [-0.1, -0.05) is 25.5 Å². The van der Waals surface area contributed by atoms with E-state index < -0.39 is 0 Å². The lowest BCUT2D eigenvalue weighted by Gasteiger charge is -2.33. The van der Waals surface area contributed by atoms with E-state index in [-0.39, 0.29) is 17.8 Å². The van der Waals surface area contributed by atoms with Gasteiger partial charge in [0, 0.05) is 5.92 Å². The Kier molecular flexibility index (Phi) is 4.33. The van der Waals surface area contributed by atoms with E-state index in [0.29, 0.717) is 0 Å². The molecule has 2 unspecified atom stereocenters. The van der Waals surface area contributed by atoms with E-state index in [1.54, 1.807) is 12.1 Å². The van der Waals surface area contributed by atoms with Crippen molar-refractivity contribution in [3.05, 3.63) is 35.6 Å². The van der Waals surface area contributed by atoms with Crippen molar-refractivity contribution in [1.82, 2.24) is 4.90 Å². The van der Waals surface area contributed by atoms with Crippen LogP contribution in [0.2, 0.25) is 0 Å². The monoisotopic (exact) mass is 246 g/mol. The topological polar surface area (TPSA) is 27.0 Å². The Bertz CT molecular complexity index is 415. The average Bonchev–Trinajstić information content (AvgIpc) is 2.41. The maximum atomic E-state index is 12.9. The first kappa shape index (κ1) is 13.0. The van der Waals surface area contributed by atoms with Crippen LogP contribution in [0.4, 0.5) is 4.39 Å². The zero-order chi connectivity index (χ0) is 13.0. The Hall–Kier alpha value is -1.40. The van der Waals surface area contributed by atoms with Gasteiger partial charge in [-0.05, 0) is 43.6 Å². The minimum atomic E-state index is -0.225. The van der Waals surface area contributed by atoms with Crippen molar-refractivity contribution in [2.75, 3.05) is 13.1 Å². The van der Waals surface area contributed by atoms with Crippen LogP contribution in [-0.2, 0) is 0 Å². The average molecular weight is 246 g/mol. The van der Waals surface area contributed by atoms with Crippen molar-refractivity contribution in [1.29, 1.82) is 5.26 Å². The third-order valence-corrected chi connectivity index (χ3v) is 3.79. The zero-order valence-electron chi connectivity index (χ0n) is 10.8. The SMILES string of the molecule is CC(c1ccc(F)cc1)C(C#N)N1CCCCC1. The molecule has 18 heavy (non-hydrogen) atoms. The minimum Gasteiger partial charge on any atom is -0.288 e. The zero-order valence-corrected chi connectivity index (χ0v) is 10.8. The van der Waals surface area contributed by atoms with Gasteiger partial charge in [0.25, 0.3) is 0 Å². The first-order chi connectivity index (χ1) is 8.72. The lowest BCUT2D eigenvalue weighted by molar-refractivity contribution is 0.179. The highest BCUT2D eigenvalue weighted by atomic mass is 19.1. The molecular weight excluding hydrogens is 227 g/mol. The summed E-state index contributed by atoms with van der Waals surface area (Å²) < 4.78 is 12.9. The van der Waals surface area contributed by atoms with Gasteiger partial charge in [0.15, 0.2) is 0 Å². The van der Waals surface area contributed by atoms with Crippen LogP contribution in [0.25, 0.3) is 0 Å². The molecule has 0 saturated carbocycles. The largest absolute Gasteiger partial charge is 0.288 e. The van der Waals surface area contributed by atoms with Crippen LogP contribution in [0.15, 0.2) is 24.3 Å². The van der Waals surface area contributed by atoms with Crippen molar-refractivity contribution in [3.63, 3.8) is 0 Å². The van der Waals surface area contributed by atoms with E-state index >= 15 is 0 Å². The van der Waals surface area contributed by atoms with Gasteiger partial charge in [-0.2, -0.15) is 5.26 Å². The fourth-order valence-corrected chi connectivity index (χ4v) is 2.65. The molecule has 2 atom stereocenters. The summed E-state index contributed by atoms with van der Waals surface area (Å²) in [6.45, 7) is 4.06. The van der Waals surface area contributed by atoms with Crippen molar-refractivity contribution < 1.29 is 4.39 Å². The van der Waals surface area contributed by atoms with Crippen LogP contribution < -0.4 is 0 Å². The van der Waals surface area contributed by atoms with Crippen LogP contribution in [0.3, 0.4) is 0 Å². The van der Waals surface area contributed by atoms with Gasteiger partial charge in [-0.25, -0.2) is 4.39 Å². The molecule has 1 aromatic rings. The molecule has 0 N–H and O–H groups in total. The highest BCUT2D eigenvalue weighted by Gasteiger charge is 2.26. The normalized spacial score (nSPS) is 20.1. The predicted molar refractivity (Wildman–Crippen MR) is 69.6 cm³/mol. The molecule has 2 nitrogen and oxygen atoms in total. The van der Waals surface area contributed by atoms with Crippen LogP contribution in [0.5, 0.6) is 0 Å². The first-order valence-electron chi connectivity index (χ1n) is 6.61. The molecule has 96 valence electrons. The second-order valence-electron chi connectivity index (χ2n) is 5.01. The maximum Gasteiger partial charge on any atom is 0.123 e. The number of halogens is 1. The van der Waals surface area contributed by atoms with Crippen LogP contribution in [-0.4, -0.2) is 24.0 Å². The molecule has 1 aromatic carbocycles. The van der Waals surface area contributed by atoms with Crippen molar-refractivity contribution in [2.24, 2.45) is 0 Å². The van der Waals surface area contributed by atoms with E-state index in [4.69, 9.17) is 0 Å². The molecule has 0 aliphatic carbocycles. The number of rotatable bonds is 3. The summed E-state index contributed by atoms with van der Waals surface area (Å²) in [7, 11) is 0. The molecule has 0 radical (unpaired) electrons. The first-order valence-corrected chi connectivity index (χ1v) is 6.61. The van der Waals surface area contributed by atoms with Crippen molar-refractivity contribution in [3.8, 4) is 6.07 Å². The number of hydrogen-bond donors (Lipinski definition) is 0. The van der Waals surface area contributed by atoms with Gasteiger partial charge >= 0.3 is 0 Å². The summed E-state index contributed by atoms with van der Waals surface area (Å²) in [6.07, 6.45) is 3.61. The number of nitriles is 1. The molecule has 0 spiro atoms. The van der Waals surface area contributed by atoms with Gasteiger partial charge < -0.3 is 0 Å². The van der Waals surface area contributed by atoms with Gasteiger partial charge in [0.2, 0.25) is 0 Å². The second kappa shape index (κ2) is 5.97. The van der Waals surface area contributed by atoms with Crippen LogP contribution in [0, 0.1) is 17.1 Å². The van der Waals surface area contributed by atoms with E-state index in [1.807, 2.05) is 0 Å². The second-order valence-corrected chi connectivity index (χ2v) is 5.01. The van der Waals surface area contributed by atoms with Crippen LogP contribution in [0.1, 0.15) is 37.7 Å². The van der Waals surface area contributed by atoms with Crippen molar-refractivity contribution >= 4 is 0 Å². The number of likely N-dealkylation sites (tertiary alicyclic amines) is 1. The molecule has 1 aliphatic rings. The fraction of sp³-hybridized carbons (Fsp3) is 0.533. The molecule has 1 fully saturated rings. The number of nitrogens with zero attached hydrogens (tertiary/aromatic N) is 2. The molecule has 0 bridgehead atoms. The Labute approximate surface area is 108 Å². The fourth-order valence-electron chi connectivity index (χ4n) is 2.65. The molecule has 1 aliphatic heterocycles. The van der Waals surface area contributed by atoms with Gasteiger partial charge in [-0.15, -0.1) is 0 Å². The maximum absolute atomic E-state index is 12.9. The van der Waals surface area contributed by atoms with Gasteiger partial charge in [0.1, 0.15) is 11.9 Å². The molecule has 1 heterocycles. The Morgan fingerprint density at radius 1 is 1.17 bits per heavy atom. The summed E-state index contributed by atoms with van der Waals surface area (Å²) >= 11 is 0. The Balaban J connectivity index is 2.11. The molecule has 1 saturated heterocycles. The van der Waals surface area contributed by atoms with Crippen molar-refractivity contribution in [2.45, 2.75) is 38.1 Å². The summed E-state index contributed by atoms with van der Waals surface area (Å²) in [6, 6.07) is 8.83. The summed E-state index contributed by atoms with van der Waals surface area (Å²) in [4.78, 5) is 2.26. The Morgan fingerprint density at radius 3 is 2.33 bits per heavy atom. The molecule has 2 rings (SSSR count).